The summed E-state index contributed by atoms with van der Waals surface area (Å²) in [6, 6.07) is 5.85. The number of benzene rings is 1. The van der Waals surface area contributed by atoms with Gasteiger partial charge in [0.25, 0.3) is 5.69 Å². The zero-order chi connectivity index (χ0) is 7.56. The first kappa shape index (κ1) is 10.6. The van der Waals surface area contributed by atoms with Gasteiger partial charge in [0.15, 0.2) is 0 Å². The summed E-state index contributed by atoms with van der Waals surface area (Å²) in [5.41, 5.74) is 0.0774. The Balaban J connectivity index is 0.000001000. The second-order valence-electron chi connectivity index (χ2n) is 1.75. The number of hydrogen-bond donors (Lipinski definition) is 0. The molecule has 1 rings (SSSR count). The largest absolute Gasteiger partial charge is 1.00 e. The molecule has 62 valence electrons. The fraction of sp³-hybridized carbons (Fsp3) is 0. The Morgan fingerprint density at radius 3 is 2.09 bits per heavy atom. The molecule has 0 saturated carbocycles. The number of nitro benzene ring substituents is 1. The molecule has 0 aliphatic carbocycles. The van der Waals surface area contributed by atoms with Crippen LogP contribution in [-0.2, 0) is 35.0 Å². The van der Waals surface area contributed by atoms with Crippen LogP contribution in [0.1, 0.15) is 0 Å². The maximum absolute atomic E-state index is 10.1. The van der Waals surface area contributed by atoms with Crippen molar-refractivity contribution in [1.82, 2.24) is 0 Å². The molecule has 0 spiro atoms. The predicted molar refractivity (Wildman–Crippen MR) is 38.7 cm³/mol. The number of nitrogens with zero attached hydrogens (tertiary/aromatic N) is 1. The van der Waals surface area contributed by atoms with Gasteiger partial charge in [0.2, 0.25) is 0 Å². The van der Waals surface area contributed by atoms with Crippen LogP contribution in [0.3, 0.4) is 0 Å². The number of rotatable bonds is 1. The van der Waals surface area contributed by atoms with Gasteiger partial charge in [-0.25, -0.2) is 0 Å². The normalized spacial score (nSPS) is 8.36. The van der Waals surface area contributed by atoms with Crippen LogP contribution in [0.5, 0.6) is 0 Å². The Hall–Kier alpha value is -0.420. The summed E-state index contributed by atoms with van der Waals surface area (Å²) in [5.74, 6) is 0. The molecule has 0 radical (unpaired) electrons. The third-order valence-electron chi connectivity index (χ3n) is 1.05. The molecule has 11 heavy (non-hydrogen) atoms. The Morgan fingerprint density at radius 2 is 1.73 bits per heavy atom. The third-order valence-corrected chi connectivity index (χ3v) is 1.32. The van der Waals surface area contributed by atoms with E-state index in [1.807, 2.05) is 0 Å². The molecule has 0 N–H and O–H groups in total. The summed E-state index contributed by atoms with van der Waals surface area (Å²) in [6.45, 7) is 0. The van der Waals surface area contributed by atoms with Crippen molar-refractivity contribution >= 4 is 18.3 Å². The van der Waals surface area contributed by atoms with E-state index in [9.17, 15) is 10.1 Å². The van der Waals surface area contributed by atoms with E-state index in [1.54, 1.807) is 0 Å². The van der Waals surface area contributed by atoms with Gasteiger partial charge in [0, 0.05) is 12.1 Å². The zero-order valence-electron chi connectivity index (χ0n) is 5.28. The minimum atomic E-state index is -0.450. The van der Waals surface area contributed by atoms with Crippen LogP contribution < -0.4 is 0 Å². The van der Waals surface area contributed by atoms with Crippen LogP contribution in [0.15, 0.2) is 29.2 Å². The van der Waals surface area contributed by atoms with Gasteiger partial charge in [-0.15, -0.1) is 0 Å². The number of nitro groups is 1. The van der Waals surface area contributed by atoms with Crippen LogP contribution in [0, 0.1) is 10.1 Å². The molecule has 5 heteroatoms. The summed E-state index contributed by atoms with van der Waals surface area (Å²) in [7, 11) is 0. The molecule has 0 heterocycles. The maximum Gasteiger partial charge on any atom is 1.00 e. The minimum absolute atomic E-state index is 0. The molecule has 3 nitrogen and oxygen atoms in total. The standard InChI is InChI=1S/C6H5NO2S.Au/c8-7(9)5-1-3-6(10)4-2-5;/h1-4,10H;/q;+1/p-1. The van der Waals surface area contributed by atoms with Crippen LogP contribution in [0.25, 0.3) is 0 Å². The van der Waals surface area contributed by atoms with Crippen LogP contribution in [0.2, 0.25) is 0 Å². The monoisotopic (exact) mass is 351 g/mol. The van der Waals surface area contributed by atoms with Crippen molar-refractivity contribution in [3.8, 4) is 0 Å². The Bertz CT molecular complexity index is 249. The fourth-order valence-electron chi connectivity index (χ4n) is 0.568. The first-order valence-electron chi connectivity index (χ1n) is 2.61. The topological polar surface area (TPSA) is 43.1 Å². The van der Waals surface area contributed by atoms with E-state index < -0.39 is 4.92 Å². The van der Waals surface area contributed by atoms with Gasteiger partial charge < -0.3 is 12.6 Å². The molecule has 0 unspecified atom stereocenters. The van der Waals surface area contributed by atoms with E-state index >= 15 is 0 Å². The molecule has 0 atom stereocenters. The van der Waals surface area contributed by atoms with E-state index in [-0.39, 0.29) is 28.1 Å². The summed E-state index contributed by atoms with van der Waals surface area (Å²) in [6.07, 6.45) is 0. The maximum atomic E-state index is 10.1. The van der Waals surface area contributed by atoms with Crippen molar-refractivity contribution in [3.05, 3.63) is 34.4 Å². The molecule has 0 amide bonds. The van der Waals surface area contributed by atoms with Gasteiger partial charge in [0.1, 0.15) is 0 Å². The molecular formula is C6H4AuNO2S. The van der Waals surface area contributed by atoms with E-state index in [2.05, 4.69) is 0 Å². The summed E-state index contributed by atoms with van der Waals surface area (Å²) < 4.78 is 0. The van der Waals surface area contributed by atoms with Gasteiger partial charge in [0.05, 0.1) is 4.92 Å². The SMILES string of the molecule is O=[N+]([O-])c1ccc([S-])cc1.[Au+]. The van der Waals surface area contributed by atoms with E-state index in [0.29, 0.717) is 4.90 Å². The third kappa shape index (κ3) is 2.98. The second kappa shape index (κ2) is 4.46. The number of hydrogen-bond acceptors (Lipinski definition) is 3. The van der Waals surface area contributed by atoms with Gasteiger partial charge in [-0.1, -0.05) is 12.1 Å². The quantitative estimate of drug-likeness (QED) is 0.333. The molecule has 0 fully saturated rings. The summed E-state index contributed by atoms with van der Waals surface area (Å²) >= 11 is 4.74. The van der Waals surface area contributed by atoms with Gasteiger partial charge >= 0.3 is 22.4 Å². The van der Waals surface area contributed by atoms with Crippen molar-refractivity contribution in [2.45, 2.75) is 4.90 Å². The predicted octanol–water partition coefficient (Wildman–Crippen LogP) is 1.50. The second-order valence-corrected chi connectivity index (χ2v) is 2.22. The Kier molecular flexibility index (Phi) is 4.29. The van der Waals surface area contributed by atoms with Crippen LogP contribution in [-0.4, -0.2) is 4.92 Å². The average Bonchev–Trinajstić information content (AvgIpc) is 1.88. The average molecular weight is 351 g/mol. The van der Waals surface area contributed by atoms with Gasteiger partial charge in [-0.3, -0.25) is 10.1 Å². The number of non-ortho nitro benzene ring substituents is 1. The Morgan fingerprint density at radius 1 is 1.27 bits per heavy atom. The van der Waals surface area contributed by atoms with Crippen molar-refractivity contribution in [2.75, 3.05) is 0 Å². The van der Waals surface area contributed by atoms with Gasteiger partial charge in [-0.2, -0.15) is 4.90 Å². The molecule has 1 aromatic rings. The minimum Gasteiger partial charge on any atom is -0.780 e. The van der Waals surface area contributed by atoms with Crippen LogP contribution >= 0.6 is 0 Å². The van der Waals surface area contributed by atoms with Gasteiger partial charge in [-0.05, 0) is 0 Å². The summed E-state index contributed by atoms with van der Waals surface area (Å²) in [4.78, 5) is 10.3. The molecule has 0 aromatic heterocycles. The first-order valence-corrected chi connectivity index (χ1v) is 3.02. The molecule has 1 aromatic carbocycles. The Labute approximate surface area is 84.9 Å². The summed E-state index contributed by atoms with van der Waals surface area (Å²) in [5, 5.41) is 10.1. The van der Waals surface area contributed by atoms with Crippen molar-refractivity contribution in [2.24, 2.45) is 0 Å². The van der Waals surface area contributed by atoms with Crippen molar-refractivity contribution in [3.63, 3.8) is 0 Å². The zero-order valence-corrected chi connectivity index (χ0v) is 8.27. The molecule has 0 aliphatic heterocycles. The van der Waals surface area contributed by atoms with E-state index in [4.69, 9.17) is 12.6 Å². The smallest absolute Gasteiger partial charge is 0.780 e. The van der Waals surface area contributed by atoms with Crippen molar-refractivity contribution < 1.29 is 27.3 Å². The fourth-order valence-corrected chi connectivity index (χ4v) is 0.704. The molecular weight excluding hydrogens is 347 g/mol. The molecule has 0 saturated heterocycles. The molecule has 0 bridgehead atoms. The molecule has 0 aliphatic rings. The van der Waals surface area contributed by atoms with Crippen molar-refractivity contribution in [1.29, 1.82) is 0 Å². The first-order chi connectivity index (χ1) is 4.70. The van der Waals surface area contributed by atoms with Crippen LogP contribution in [0.4, 0.5) is 5.69 Å². The van der Waals surface area contributed by atoms with E-state index in [0.717, 1.165) is 0 Å². The van der Waals surface area contributed by atoms with E-state index in [1.165, 1.54) is 24.3 Å².